The number of likely N-dealkylation sites (tertiary alicyclic amines) is 1. The van der Waals surface area contributed by atoms with Crippen molar-refractivity contribution in [2.45, 2.75) is 56.7 Å². The summed E-state index contributed by atoms with van der Waals surface area (Å²) in [5, 5.41) is 3.57. The molecule has 2 aliphatic heterocycles. The molecular weight excluding hydrogens is 228 g/mol. The van der Waals surface area contributed by atoms with Gasteiger partial charge in [0.25, 0.3) is 0 Å². The highest BCUT2D eigenvalue weighted by atomic mass is 16.5. The van der Waals surface area contributed by atoms with Gasteiger partial charge in [-0.25, -0.2) is 0 Å². The normalized spacial score (nSPS) is 39.9. The Kier molecular flexibility index (Phi) is 3.57. The molecule has 102 valence electrons. The molecule has 4 atom stereocenters. The predicted octanol–water partition coefficient (Wildman–Crippen LogP) is 1.15. The minimum absolute atomic E-state index is 0.0775. The number of hydrogen-bond donors (Lipinski definition) is 1. The van der Waals surface area contributed by atoms with Crippen LogP contribution in [0.1, 0.15) is 38.5 Å². The third-order valence-electron chi connectivity index (χ3n) is 4.95. The lowest BCUT2D eigenvalue weighted by molar-refractivity contribution is -0.132. The average molecular weight is 252 g/mol. The first-order valence-electron chi connectivity index (χ1n) is 7.35. The molecule has 0 aromatic heterocycles. The van der Waals surface area contributed by atoms with E-state index in [1.54, 1.807) is 7.11 Å². The number of amides is 1. The van der Waals surface area contributed by atoms with Crippen molar-refractivity contribution in [2.75, 3.05) is 20.2 Å². The topological polar surface area (TPSA) is 41.6 Å². The van der Waals surface area contributed by atoms with E-state index in [-0.39, 0.29) is 12.1 Å². The van der Waals surface area contributed by atoms with Gasteiger partial charge in [0.1, 0.15) is 0 Å². The maximum absolute atomic E-state index is 12.5. The minimum atomic E-state index is 0.0775. The van der Waals surface area contributed by atoms with Gasteiger partial charge in [0.15, 0.2) is 0 Å². The van der Waals surface area contributed by atoms with Gasteiger partial charge in [0.05, 0.1) is 12.1 Å². The summed E-state index contributed by atoms with van der Waals surface area (Å²) in [7, 11) is 1.74. The summed E-state index contributed by atoms with van der Waals surface area (Å²) in [4.78, 5) is 14.4. The fourth-order valence-corrected chi connectivity index (χ4v) is 3.85. The van der Waals surface area contributed by atoms with Crippen molar-refractivity contribution in [3.63, 3.8) is 0 Å². The van der Waals surface area contributed by atoms with Crippen molar-refractivity contribution in [1.82, 2.24) is 10.2 Å². The van der Waals surface area contributed by atoms with Gasteiger partial charge in [0, 0.05) is 26.2 Å². The summed E-state index contributed by atoms with van der Waals surface area (Å²) in [5.74, 6) is 1.05. The van der Waals surface area contributed by atoms with Crippen LogP contribution >= 0.6 is 0 Å². The van der Waals surface area contributed by atoms with E-state index >= 15 is 0 Å². The van der Waals surface area contributed by atoms with E-state index in [0.29, 0.717) is 11.9 Å². The van der Waals surface area contributed by atoms with Crippen LogP contribution in [0.3, 0.4) is 0 Å². The standard InChI is InChI=1S/C14H24N2O2/c1-18-11-6-7-16(9-11)14(17)13-8-10-4-2-3-5-12(10)15-13/h10-13,15H,2-9H2,1H3. The molecule has 4 unspecified atom stereocenters. The number of hydrogen-bond acceptors (Lipinski definition) is 3. The summed E-state index contributed by atoms with van der Waals surface area (Å²) in [6, 6.07) is 0.683. The summed E-state index contributed by atoms with van der Waals surface area (Å²) < 4.78 is 5.33. The molecule has 0 radical (unpaired) electrons. The molecule has 0 bridgehead atoms. The number of nitrogens with one attached hydrogen (secondary N) is 1. The molecule has 0 aromatic rings. The Hall–Kier alpha value is -0.610. The molecule has 1 amide bonds. The van der Waals surface area contributed by atoms with E-state index in [0.717, 1.165) is 31.8 Å². The molecule has 1 aliphatic carbocycles. The number of ether oxygens (including phenoxy) is 1. The van der Waals surface area contributed by atoms with Crippen LogP contribution in [0, 0.1) is 5.92 Å². The zero-order chi connectivity index (χ0) is 12.5. The summed E-state index contributed by atoms with van der Waals surface area (Å²) in [6.45, 7) is 1.65. The van der Waals surface area contributed by atoms with Crippen molar-refractivity contribution in [3.8, 4) is 0 Å². The van der Waals surface area contributed by atoms with Crippen molar-refractivity contribution in [1.29, 1.82) is 0 Å². The summed E-state index contributed by atoms with van der Waals surface area (Å²) in [6.07, 6.45) is 7.53. The Bertz CT molecular complexity index is 307. The van der Waals surface area contributed by atoms with E-state index in [4.69, 9.17) is 4.74 Å². The first kappa shape index (κ1) is 12.4. The summed E-state index contributed by atoms with van der Waals surface area (Å²) >= 11 is 0. The van der Waals surface area contributed by atoms with Crippen LogP contribution in [0.15, 0.2) is 0 Å². The van der Waals surface area contributed by atoms with Gasteiger partial charge >= 0.3 is 0 Å². The maximum Gasteiger partial charge on any atom is 0.239 e. The van der Waals surface area contributed by atoms with Gasteiger partial charge in [-0.2, -0.15) is 0 Å². The SMILES string of the molecule is COC1CCN(C(=O)C2CC3CCCCC3N2)C1. The number of methoxy groups -OCH3 is 1. The molecular formula is C14H24N2O2. The van der Waals surface area contributed by atoms with Gasteiger partial charge in [-0.3, -0.25) is 4.79 Å². The fourth-order valence-electron chi connectivity index (χ4n) is 3.85. The average Bonchev–Trinajstić information content (AvgIpc) is 3.04. The molecule has 3 aliphatic rings. The van der Waals surface area contributed by atoms with Crippen molar-refractivity contribution in [2.24, 2.45) is 5.92 Å². The number of carbonyl (C=O) groups is 1. The first-order chi connectivity index (χ1) is 8.78. The highest BCUT2D eigenvalue weighted by Gasteiger charge is 2.40. The second-order valence-corrected chi connectivity index (χ2v) is 6.04. The lowest BCUT2D eigenvalue weighted by Crippen LogP contribution is -2.44. The third kappa shape index (κ3) is 2.28. The Morgan fingerprint density at radius 1 is 1.28 bits per heavy atom. The highest BCUT2D eigenvalue weighted by Crippen LogP contribution is 2.34. The molecule has 3 fully saturated rings. The van der Waals surface area contributed by atoms with Crippen LogP contribution in [0.5, 0.6) is 0 Å². The quantitative estimate of drug-likeness (QED) is 0.801. The van der Waals surface area contributed by atoms with Crippen LogP contribution in [-0.2, 0) is 9.53 Å². The molecule has 2 heterocycles. The number of fused-ring (bicyclic) bond motifs is 1. The van der Waals surface area contributed by atoms with E-state index in [9.17, 15) is 4.79 Å². The predicted molar refractivity (Wildman–Crippen MR) is 69.3 cm³/mol. The third-order valence-corrected chi connectivity index (χ3v) is 4.95. The molecule has 0 aromatic carbocycles. The van der Waals surface area contributed by atoms with Crippen molar-refractivity contribution >= 4 is 5.91 Å². The number of rotatable bonds is 2. The van der Waals surface area contributed by atoms with Gasteiger partial charge in [-0.1, -0.05) is 12.8 Å². The van der Waals surface area contributed by atoms with E-state index in [1.165, 1.54) is 25.7 Å². The van der Waals surface area contributed by atoms with Crippen LogP contribution in [0.2, 0.25) is 0 Å². The molecule has 4 nitrogen and oxygen atoms in total. The van der Waals surface area contributed by atoms with Crippen LogP contribution in [-0.4, -0.2) is 49.2 Å². The lowest BCUT2D eigenvalue weighted by atomic mass is 9.85. The second kappa shape index (κ2) is 5.17. The lowest BCUT2D eigenvalue weighted by Gasteiger charge is -2.24. The highest BCUT2D eigenvalue weighted by molar-refractivity contribution is 5.82. The second-order valence-electron chi connectivity index (χ2n) is 6.04. The smallest absolute Gasteiger partial charge is 0.239 e. The Labute approximate surface area is 109 Å². The first-order valence-corrected chi connectivity index (χ1v) is 7.35. The summed E-state index contributed by atoms with van der Waals surface area (Å²) in [5.41, 5.74) is 0. The molecule has 0 spiro atoms. The molecule has 1 N–H and O–H groups in total. The van der Waals surface area contributed by atoms with E-state index in [1.807, 2.05) is 4.90 Å². The zero-order valence-electron chi connectivity index (χ0n) is 11.2. The molecule has 18 heavy (non-hydrogen) atoms. The van der Waals surface area contributed by atoms with Gasteiger partial charge in [-0.15, -0.1) is 0 Å². The van der Waals surface area contributed by atoms with Gasteiger partial charge < -0.3 is 15.0 Å². The Morgan fingerprint density at radius 3 is 2.83 bits per heavy atom. The van der Waals surface area contributed by atoms with E-state index in [2.05, 4.69) is 5.32 Å². The fraction of sp³-hybridized carbons (Fsp3) is 0.929. The minimum Gasteiger partial charge on any atom is -0.380 e. The largest absolute Gasteiger partial charge is 0.380 e. The van der Waals surface area contributed by atoms with Crippen LogP contribution in [0.25, 0.3) is 0 Å². The van der Waals surface area contributed by atoms with Gasteiger partial charge in [-0.05, 0) is 31.6 Å². The van der Waals surface area contributed by atoms with E-state index < -0.39 is 0 Å². The van der Waals surface area contributed by atoms with Crippen molar-refractivity contribution < 1.29 is 9.53 Å². The number of carbonyl (C=O) groups excluding carboxylic acids is 1. The van der Waals surface area contributed by atoms with Crippen LogP contribution in [0.4, 0.5) is 0 Å². The van der Waals surface area contributed by atoms with Gasteiger partial charge in [0.2, 0.25) is 5.91 Å². The Morgan fingerprint density at radius 2 is 2.11 bits per heavy atom. The maximum atomic E-state index is 12.5. The van der Waals surface area contributed by atoms with Crippen LogP contribution < -0.4 is 5.32 Å². The monoisotopic (exact) mass is 252 g/mol. The Balaban J connectivity index is 1.57. The zero-order valence-corrected chi connectivity index (χ0v) is 11.2. The van der Waals surface area contributed by atoms with Crippen molar-refractivity contribution in [3.05, 3.63) is 0 Å². The molecule has 4 heteroatoms. The molecule has 1 saturated carbocycles. The molecule has 3 rings (SSSR count). The molecule has 2 saturated heterocycles. The number of nitrogens with zero attached hydrogens (tertiary/aromatic N) is 1.